The summed E-state index contributed by atoms with van der Waals surface area (Å²) in [6, 6.07) is -0.395. The summed E-state index contributed by atoms with van der Waals surface area (Å²) in [6.07, 6.45) is 2.16. The summed E-state index contributed by atoms with van der Waals surface area (Å²) in [6.45, 7) is 3.63. The van der Waals surface area contributed by atoms with Gasteiger partial charge in [0.1, 0.15) is 6.54 Å². The molecule has 0 unspecified atom stereocenters. The maximum Gasteiger partial charge on any atom is 0.318 e. The van der Waals surface area contributed by atoms with Crippen LogP contribution in [-0.2, 0) is 9.59 Å². The van der Waals surface area contributed by atoms with Crippen LogP contribution in [0, 0.1) is 0 Å². The van der Waals surface area contributed by atoms with Crippen molar-refractivity contribution in [2.24, 2.45) is 0 Å². The van der Waals surface area contributed by atoms with E-state index >= 15 is 0 Å². The second kappa shape index (κ2) is 6.58. The number of hydrogen-bond donors (Lipinski definition) is 3. The Morgan fingerprint density at radius 3 is 2.30 bits per heavy atom. The Bertz CT molecular complexity index is 391. The number of amides is 3. The highest BCUT2D eigenvalue weighted by molar-refractivity contribution is 5.84. The summed E-state index contributed by atoms with van der Waals surface area (Å²) in [5.74, 6) is -1.16. The van der Waals surface area contributed by atoms with Crippen LogP contribution in [-0.4, -0.2) is 53.1 Å². The van der Waals surface area contributed by atoms with Crippen molar-refractivity contribution in [3.8, 4) is 0 Å². The van der Waals surface area contributed by atoms with Crippen molar-refractivity contribution in [3.05, 3.63) is 0 Å². The lowest BCUT2D eigenvalue weighted by Crippen LogP contribution is -2.58. The molecule has 3 amide bonds. The minimum atomic E-state index is -0.926. The van der Waals surface area contributed by atoms with Crippen LogP contribution in [0.3, 0.4) is 0 Å². The van der Waals surface area contributed by atoms with E-state index in [0.29, 0.717) is 12.8 Å². The summed E-state index contributed by atoms with van der Waals surface area (Å²) in [4.78, 5) is 35.7. The lowest BCUT2D eigenvalue weighted by atomic mass is 9.74. The van der Waals surface area contributed by atoms with E-state index in [0.717, 1.165) is 6.42 Å². The number of hydrogen-bond acceptors (Lipinski definition) is 3. The fraction of sp³-hybridized carbons (Fsp3) is 0.769. The maximum atomic E-state index is 12.0. The summed E-state index contributed by atoms with van der Waals surface area (Å²) < 4.78 is 0. The zero-order chi connectivity index (χ0) is 15.3. The topological polar surface area (TPSA) is 98.7 Å². The molecule has 0 aromatic carbocycles. The first-order valence-corrected chi connectivity index (χ1v) is 6.78. The van der Waals surface area contributed by atoms with E-state index in [1.165, 1.54) is 11.9 Å². The van der Waals surface area contributed by atoms with Gasteiger partial charge in [-0.05, 0) is 33.1 Å². The molecule has 1 aliphatic rings. The normalized spacial score (nSPS) is 16.2. The molecule has 0 atom stereocenters. The Morgan fingerprint density at radius 1 is 1.30 bits per heavy atom. The molecular weight excluding hydrogens is 262 g/mol. The van der Waals surface area contributed by atoms with Crippen molar-refractivity contribution >= 4 is 17.9 Å². The van der Waals surface area contributed by atoms with Gasteiger partial charge in [-0.3, -0.25) is 9.59 Å². The Kier molecular flexibility index (Phi) is 5.35. The molecule has 7 nitrogen and oxygen atoms in total. The molecule has 1 fully saturated rings. The highest BCUT2D eigenvalue weighted by Crippen LogP contribution is 2.34. The van der Waals surface area contributed by atoms with Gasteiger partial charge in [-0.15, -0.1) is 0 Å². The summed E-state index contributed by atoms with van der Waals surface area (Å²) in [5.41, 5.74) is -0.647. The molecule has 7 heteroatoms. The highest BCUT2D eigenvalue weighted by atomic mass is 16.4. The molecule has 20 heavy (non-hydrogen) atoms. The third-order valence-electron chi connectivity index (χ3n) is 3.35. The molecule has 1 rings (SSSR count). The van der Waals surface area contributed by atoms with Crippen LogP contribution in [0.2, 0.25) is 0 Å². The number of carbonyl (C=O) groups excluding carboxylic acids is 2. The monoisotopic (exact) mass is 285 g/mol. The van der Waals surface area contributed by atoms with Crippen LogP contribution in [0.25, 0.3) is 0 Å². The second-order valence-corrected chi connectivity index (χ2v) is 5.71. The smallest absolute Gasteiger partial charge is 0.318 e. The molecule has 3 N–H and O–H groups in total. The zero-order valence-electron chi connectivity index (χ0n) is 12.2. The number of carboxylic acids is 1. The van der Waals surface area contributed by atoms with Crippen molar-refractivity contribution < 1.29 is 19.5 Å². The molecule has 0 aromatic heterocycles. The summed E-state index contributed by atoms with van der Waals surface area (Å²) in [5, 5.41) is 14.3. The van der Waals surface area contributed by atoms with Gasteiger partial charge in [-0.25, -0.2) is 4.79 Å². The number of carbonyl (C=O) groups is 3. The van der Waals surface area contributed by atoms with Gasteiger partial charge in [-0.2, -0.15) is 0 Å². The average molecular weight is 285 g/mol. The Balaban J connectivity index is 2.48. The number of rotatable bonds is 6. The maximum absolute atomic E-state index is 12.0. The molecule has 0 aromatic rings. The molecule has 114 valence electrons. The van der Waals surface area contributed by atoms with Gasteiger partial charge in [0.25, 0.3) is 0 Å². The lowest BCUT2D eigenvalue weighted by Gasteiger charge is -2.42. The van der Waals surface area contributed by atoms with E-state index < -0.39 is 17.5 Å². The second-order valence-electron chi connectivity index (χ2n) is 5.71. The van der Waals surface area contributed by atoms with Crippen LogP contribution in [0.15, 0.2) is 0 Å². The number of likely N-dealkylation sites (N-methyl/N-ethyl adjacent to an activating group) is 1. The molecule has 0 heterocycles. The number of aliphatic carboxylic acids is 1. The summed E-state index contributed by atoms with van der Waals surface area (Å²) >= 11 is 0. The number of carboxylic acid groups (broad SMARTS) is 1. The van der Waals surface area contributed by atoms with E-state index in [2.05, 4.69) is 10.6 Å². The van der Waals surface area contributed by atoms with E-state index in [-0.39, 0.29) is 24.9 Å². The van der Waals surface area contributed by atoms with Crippen LogP contribution in [0.1, 0.15) is 39.5 Å². The van der Waals surface area contributed by atoms with Gasteiger partial charge in [0, 0.05) is 13.1 Å². The Labute approximate surface area is 118 Å². The number of nitrogens with one attached hydrogen (secondary N) is 2. The van der Waals surface area contributed by atoms with Gasteiger partial charge in [0.2, 0.25) is 5.91 Å². The largest absolute Gasteiger partial charge is 0.481 e. The summed E-state index contributed by atoms with van der Waals surface area (Å²) in [7, 11) is 1.52. The molecule has 1 saturated carbocycles. The third-order valence-corrected chi connectivity index (χ3v) is 3.35. The first-order chi connectivity index (χ1) is 9.24. The van der Waals surface area contributed by atoms with Gasteiger partial charge in [0.15, 0.2) is 0 Å². The van der Waals surface area contributed by atoms with E-state index in [1.54, 1.807) is 0 Å². The quantitative estimate of drug-likeness (QED) is 0.663. The van der Waals surface area contributed by atoms with Gasteiger partial charge >= 0.3 is 12.0 Å². The molecule has 0 radical (unpaired) electrons. The molecular formula is C13H23N3O4. The van der Waals surface area contributed by atoms with Crippen molar-refractivity contribution in [1.29, 1.82) is 0 Å². The Hall–Kier alpha value is -1.79. The third kappa shape index (κ3) is 4.71. The van der Waals surface area contributed by atoms with Gasteiger partial charge in [0.05, 0.1) is 12.0 Å². The van der Waals surface area contributed by atoms with E-state index in [1.807, 2.05) is 13.8 Å². The van der Waals surface area contributed by atoms with Crippen LogP contribution in [0.5, 0.6) is 0 Å². The number of nitrogens with zero attached hydrogens (tertiary/aromatic N) is 1. The standard InChI is InChI=1S/C13H23N3O4/c1-9(2)14-10(17)8-16(3)12(20)15-13(5-4-6-13)7-11(18)19/h9H,4-8H2,1-3H3,(H,14,17)(H,15,20)(H,18,19). The first-order valence-electron chi connectivity index (χ1n) is 6.78. The first kappa shape index (κ1) is 16.3. The van der Waals surface area contributed by atoms with Crippen molar-refractivity contribution in [2.75, 3.05) is 13.6 Å². The van der Waals surface area contributed by atoms with Crippen molar-refractivity contribution in [3.63, 3.8) is 0 Å². The fourth-order valence-corrected chi connectivity index (χ4v) is 2.22. The van der Waals surface area contributed by atoms with Crippen LogP contribution >= 0.6 is 0 Å². The fourth-order valence-electron chi connectivity index (χ4n) is 2.22. The molecule has 0 saturated heterocycles. The predicted molar refractivity (Wildman–Crippen MR) is 73.3 cm³/mol. The minimum Gasteiger partial charge on any atom is -0.481 e. The van der Waals surface area contributed by atoms with Crippen molar-refractivity contribution in [2.45, 2.75) is 51.1 Å². The minimum absolute atomic E-state index is 0.0175. The molecule has 0 aliphatic heterocycles. The van der Waals surface area contributed by atoms with Crippen LogP contribution < -0.4 is 10.6 Å². The van der Waals surface area contributed by atoms with E-state index in [9.17, 15) is 14.4 Å². The predicted octanol–water partition coefficient (Wildman–Crippen LogP) is 0.550. The SMILES string of the molecule is CC(C)NC(=O)CN(C)C(=O)NC1(CC(=O)O)CCC1. The van der Waals surface area contributed by atoms with Gasteiger partial charge in [-0.1, -0.05) is 0 Å². The highest BCUT2D eigenvalue weighted by Gasteiger charge is 2.41. The lowest BCUT2D eigenvalue weighted by molar-refractivity contribution is -0.139. The van der Waals surface area contributed by atoms with Gasteiger partial charge < -0.3 is 20.6 Å². The van der Waals surface area contributed by atoms with Crippen LogP contribution in [0.4, 0.5) is 4.79 Å². The molecule has 0 spiro atoms. The molecule has 0 bridgehead atoms. The average Bonchev–Trinajstić information content (AvgIpc) is 2.23. The zero-order valence-corrected chi connectivity index (χ0v) is 12.2. The van der Waals surface area contributed by atoms with Crippen molar-refractivity contribution in [1.82, 2.24) is 15.5 Å². The van der Waals surface area contributed by atoms with E-state index in [4.69, 9.17) is 5.11 Å². The number of urea groups is 1. The molecule has 1 aliphatic carbocycles. The Morgan fingerprint density at radius 2 is 1.90 bits per heavy atom.